The Labute approximate surface area is 198 Å². The Morgan fingerprint density at radius 2 is 1.71 bits per heavy atom. The van der Waals surface area contributed by atoms with E-state index in [9.17, 15) is 30.3 Å². The van der Waals surface area contributed by atoms with E-state index in [0.29, 0.717) is 11.3 Å². The molecule has 1 aromatic heterocycles. The number of fused-ring (bicyclic) bond motifs is 1. The minimum Gasteiger partial charge on any atom is -0.507 e. The number of benzene rings is 2. The maximum Gasteiger partial charge on any atom is 0.232 e. The summed E-state index contributed by atoms with van der Waals surface area (Å²) in [6, 6.07) is 8.47. The van der Waals surface area contributed by atoms with Crippen molar-refractivity contribution in [2.24, 2.45) is 0 Å². The van der Waals surface area contributed by atoms with Crippen LogP contribution in [0.25, 0.3) is 22.3 Å². The summed E-state index contributed by atoms with van der Waals surface area (Å²) >= 11 is 0. The minimum absolute atomic E-state index is 0.00870. The number of hydrogen-bond donors (Lipinski definition) is 5. The molecule has 12 heteroatoms. The van der Waals surface area contributed by atoms with Gasteiger partial charge in [-0.15, -0.1) is 0 Å². The molecule has 12 nitrogen and oxygen atoms in total. The van der Waals surface area contributed by atoms with E-state index in [-0.39, 0.29) is 34.0 Å². The van der Waals surface area contributed by atoms with E-state index in [4.69, 9.17) is 28.4 Å². The zero-order valence-electron chi connectivity index (χ0n) is 18.7. The number of phenolic OH excluding ortho intramolecular Hbond substituents is 1. The van der Waals surface area contributed by atoms with Crippen LogP contribution in [-0.2, 0) is 9.62 Å². The molecule has 188 valence electrons. The predicted molar refractivity (Wildman–Crippen MR) is 118 cm³/mol. The highest BCUT2D eigenvalue weighted by molar-refractivity contribution is 5.86. The second-order valence-corrected chi connectivity index (χ2v) is 7.74. The molecular weight excluding hydrogens is 468 g/mol. The van der Waals surface area contributed by atoms with E-state index < -0.39 is 42.7 Å². The Balaban J connectivity index is 1.59. The van der Waals surface area contributed by atoms with E-state index in [0.717, 1.165) is 0 Å². The Morgan fingerprint density at radius 3 is 2.40 bits per heavy atom. The third-order valence-corrected chi connectivity index (χ3v) is 5.55. The average Bonchev–Trinajstić information content (AvgIpc) is 2.86. The Morgan fingerprint density at radius 1 is 0.943 bits per heavy atom. The molecule has 0 amide bonds. The van der Waals surface area contributed by atoms with Gasteiger partial charge in [0.2, 0.25) is 12.0 Å². The van der Waals surface area contributed by atoms with Gasteiger partial charge < -0.3 is 49.0 Å². The van der Waals surface area contributed by atoms with Gasteiger partial charge in [0.15, 0.2) is 11.2 Å². The van der Waals surface area contributed by atoms with Crippen molar-refractivity contribution >= 4 is 11.0 Å². The zero-order chi connectivity index (χ0) is 25.3. The van der Waals surface area contributed by atoms with E-state index in [1.54, 1.807) is 6.07 Å². The fraction of sp³-hybridized carbons (Fsp3) is 0.348. The van der Waals surface area contributed by atoms with Crippen LogP contribution in [0.5, 0.6) is 23.0 Å². The SMILES string of the molecule is COc1cc(O)c2c(=O)cc(-c3ccc(OOC4O[C@H](CO)[C@@H](O)[C@H](O)[C@H]4O)c(OC)c3)oc2c1. The quantitative estimate of drug-likeness (QED) is 0.225. The highest BCUT2D eigenvalue weighted by Crippen LogP contribution is 2.35. The third kappa shape index (κ3) is 4.75. The van der Waals surface area contributed by atoms with Gasteiger partial charge in [0.05, 0.1) is 20.8 Å². The van der Waals surface area contributed by atoms with E-state index in [1.807, 2.05) is 0 Å². The lowest BCUT2D eigenvalue weighted by molar-refractivity contribution is -0.387. The highest BCUT2D eigenvalue weighted by atomic mass is 17.2. The first-order valence-corrected chi connectivity index (χ1v) is 10.4. The largest absolute Gasteiger partial charge is 0.507 e. The molecule has 0 aliphatic carbocycles. The van der Waals surface area contributed by atoms with Crippen molar-refractivity contribution in [2.75, 3.05) is 20.8 Å². The van der Waals surface area contributed by atoms with Gasteiger partial charge in [-0.2, -0.15) is 4.89 Å². The first kappa shape index (κ1) is 24.7. The monoisotopic (exact) mass is 492 g/mol. The lowest BCUT2D eigenvalue weighted by Gasteiger charge is -2.38. The van der Waals surface area contributed by atoms with Gasteiger partial charge in [0.25, 0.3) is 0 Å². The Kier molecular flexibility index (Phi) is 7.12. The molecule has 1 fully saturated rings. The molecule has 4 rings (SSSR count). The topological polar surface area (TPSA) is 178 Å². The average molecular weight is 492 g/mol. The summed E-state index contributed by atoms with van der Waals surface area (Å²) in [5, 5.41) is 49.2. The minimum atomic E-state index is -1.65. The second-order valence-electron chi connectivity index (χ2n) is 7.74. The van der Waals surface area contributed by atoms with Crippen molar-refractivity contribution < 1.29 is 53.9 Å². The van der Waals surface area contributed by atoms with Crippen LogP contribution in [-0.4, -0.2) is 77.1 Å². The van der Waals surface area contributed by atoms with Crippen molar-refractivity contribution in [3.8, 4) is 34.3 Å². The van der Waals surface area contributed by atoms with Crippen LogP contribution in [0.15, 0.2) is 45.6 Å². The van der Waals surface area contributed by atoms with E-state index in [2.05, 4.69) is 0 Å². The van der Waals surface area contributed by atoms with Gasteiger partial charge in [0, 0.05) is 23.8 Å². The van der Waals surface area contributed by atoms with E-state index >= 15 is 0 Å². The van der Waals surface area contributed by atoms with Gasteiger partial charge in [-0.05, 0) is 18.2 Å². The number of methoxy groups -OCH3 is 2. The summed E-state index contributed by atoms with van der Waals surface area (Å²) in [4.78, 5) is 22.9. The summed E-state index contributed by atoms with van der Waals surface area (Å²) in [7, 11) is 2.78. The van der Waals surface area contributed by atoms with Gasteiger partial charge >= 0.3 is 0 Å². The van der Waals surface area contributed by atoms with Crippen molar-refractivity contribution in [3.05, 3.63) is 46.6 Å². The summed E-state index contributed by atoms with van der Waals surface area (Å²) in [5.74, 6) is 0.419. The van der Waals surface area contributed by atoms with E-state index in [1.165, 1.54) is 44.6 Å². The van der Waals surface area contributed by atoms with Crippen molar-refractivity contribution in [1.82, 2.24) is 0 Å². The molecule has 1 unspecified atom stereocenters. The zero-order valence-corrected chi connectivity index (χ0v) is 18.7. The normalized spacial score (nSPS) is 24.3. The lowest BCUT2D eigenvalue weighted by Crippen LogP contribution is -2.59. The maximum atomic E-state index is 12.6. The van der Waals surface area contributed by atoms with Crippen LogP contribution in [0.3, 0.4) is 0 Å². The molecule has 1 aliphatic rings. The summed E-state index contributed by atoms with van der Waals surface area (Å²) in [5.41, 5.74) is 0.0876. The molecule has 3 aromatic rings. The summed E-state index contributed by atoms with van der Waals surface area (Å²) in [6.07, 6.45) is -7.51. The number of phenols is 1. The van der Waals surface area contributed by atoms with Crippen LogP contribution < -0.4 is 19.8 Å². The number of hydrogen-bond acceptors (Lipinski definition) is 12. The Bertz CT molecular complexity index is 1250. The molecule has 35 heavy (non-hydrogen) atoms. The van der Waals surface area contributed by atoms with Crippen LogP contribution in [0.2, 0.25) is 0 Å². The molecule has 2 heterocycles. The first-order chi connectivity index (χ1) is 16.8. The molecule has 5 N–H and O–H groups in total. The number of aliphatic hydroxyl groups is 4. The van der Waals surface area contributed by atoms with Crippen LogP contribution in [0, 0.1) is 0 Å². The highest BCUT2D eigenvalue weighted by Gasteiger charge is 2.45. The standard InChI is InChI=1S/C23H24O12/c1-30-11-6-12(25)19-13(26)8-15(32-17(19)7-11)10-3-4-14(16(5-10)31-2)34-35-23-22(29)21(28)20(27)18(9-24)33-23/h3-8,18,20-25,27-29H,9H2,1-2H3/t18-,20-,21+,22-,23?/m1/s1. The van der Waals surface area contributed by atoms with Crippen molar-refractivity contribution in [2.45, 2.75) is 30.7 Å². The van der Waals surface area contributed by atoms with Gasteiger partial charge in [-0.3, -0.25) is 4.79 Å². The van der Waals surface area contributed by atoms with Crippen LogP contribution in [0.4, 0.5) is 0 Å². The third-order valence-electron chi connectivity index (χ3n) is 5.55. The fourth-order valence-electron chi connectivity index (χ4n) is 3.64. The van der Waals surface area contributed by atoms with Gasteiger partial charge in [-0.25, -0.2) is 0 Å². The first-order valence-electron chi connectivity index (χ1n) is 10.4. The van der Waals surface area contributed by atoms with Gasteiger partial charge in [-0.1, -0.05) is 0 Å². The lowest BCUT2D eigenvalue weighted by atomic mass is 9.99. The molecular formula is C23H24O12. The number of aromatic hydroxyl groups is 1. The molecule has 0 saturated carbocycles. The Hall–Kier alpha value is -3.39. The maximum absolute atomic E-state index is 12.6. The molecule has 2 aromatic carbocycles. The molecule has 0 spiro atoms. The summed E-state index contributed by atoms with van der Waals surface area (Å²) < 4.78 is 21.5. The number of rotatable bonds is 7. The van der Waals surface area contributed by atoms with Crippen LogP contribution in [0.1, 0.15) is 0 Å². The van der Waals surface area contributed by atoms with Gasteiger partial charge in [0.1, 0.15) is 52.6 Å². The molecule has 0 radical (unpaired) electrons. The second kappa shape index (κ2) is 10.1. The molecule has 1 aliphatic heterocycles. The summed E-state index contributed by atoms with van der Waals surface area (Å²) in [6.45, 7) is -0.622. The molecule has 5 atom stereocenters. The molecule has 1 saturated heterocycles. The van der Waals surface area contributed by atoms with Crippen LogP contribution >= 0.6 is 0 Å². The van der Waals surface area contributed by atoms with Crippen molar-refractivity contribution in [3.63, 3.8) is 0 Å². The van der Waals surface area contributed by atoms with Crippen molar-refractivity contribution in [1.29, 1.82) is 0 Å². The fourth-order valence-corrected chi connectivity index (χ4v) is 3.64. The number of ether oxygens (including phenoxy) is 3. The predicted octanol–water partition coefficient (Wildman–Crippen LogP) is 0.293. The number of aliphatic hydroxyl groups excluding tert-OH is 4. The molecule has 0 bridgehead atoms. The smallest absolute Gasteiger partial charge is 0.232 e.